The van der Waals surface area contributed by atoms with E-state index in [-0.39, 0.29) is 11.3 Å². The van der Waals surface area contributed by atoms with Gasteiger partial charge in [-0.2, -0.15) is 0 Å². The molecule has 2 aromatic heterocycles. The third-order valence-corrected chi connectivity index (χ3v) is 3.20. The summed E-state index contributed by atoms with van der Waals surface area (Å²) in [4.78, 5) is 30.8. The van der Waals surface area contributed by atoms with E-state index in [2.05, 4.69) is 31.2 Å². The maximum absolute atomic E-state index is 12.0. The number of carboxylic acid groups (broad SMARTS) is 1. The molecule has 2 aromatic rings. The smallest absolute Gasteiger partial charge is 0.337 e. The molecule has 6 nitrogen and oxygen atoms in total. The highest BCUT2D eigenvalue weighted by atomic mass is 79.9. The fourth-order valence-electron chi connectivity index (χ4n) is 1.58. The molecule has 20 heavy (non-hydrogen) atoms. The number of amides is 1. The average Bonchev–Trinajstić information content (AvgIpc) is 2.40. The van der Waals surface area contributed by atoms with Crippen LogP contribution in [0.5, 0.6) is 0 Å². The number of pyridine rings is 2. The lowest BCUT2D eigenvalue weighted by molar-refractivity contribution is 0.0695. The molecule has 0 atom stereocenters. The van der Waals surface area contributed by atoms with E-state index in [9.17, 15) is 9.59 Å². The van der Waals surface area contributed by atoms with E-state index in [0.717, 1.165) is 0 Å². The van der Waals surface area contributed by atoms with Crippen LogP contribution < -0.4 is 5.32 Å². The number of carboxylic acids is 1. The fraction of sp³-hybridized carbons (Fsp3) is 0.0769. The van der Waals surface area contributed by atoms with Gasteiger partial charge in [0.15, 0.2) is 0 Å². The summed E-state index contributed by atoms with van der Waals surface area (Å²) in [7, 11) is 0. The number of rotatable bonds is 3. The average molecular weight is 336 g/mol. The van der Waals surface area contributed by atoms with Gasteiger partial charge >= 0.3 is 5.97 Å². The number of carbonyl (C=O) groups excluding carboxylic acids is 1. The van der Waals surface area contributed by atoms with Crippen molar-refractivity contribution >= 4 is 33.5 Å². The van der Waals surface area contributed by atoms with Gasteiger partial charge in [0.25, 0.3) is 5.91 Å². The standard InChI is InChI=1S/C13H10BrN3O3/c1-7-8(13(19)20)2-3-11(16-7)12(18)17-10-4-5-15-6-9(10)14/h2-6H,1H3,(H,19,20)(H,15,17,18). The molecule has 0 radical (unpaired) electrons. The molecule has 0 saturated heterocycles. The van der Waals surface area contributed by atoms with Gasteiger partial charge in [-0.05, 0) is 41.1 Å². The Morgan fingerprint density at radius 3 is 2.65 bits per heavy atom. The molecule has 0 spiro atoms. The van der Waals surface area contributed by atoms with E-state index in [0.29, 0.717) is 15.9 Å². The number of halogens is 1. The van der Waals surface area contributed by atoms with Gasteiger partial charge in [-0.3, -0.25) is 9.78 Å². The van der Waals surface area contributed by atoms with Crippen molar-refractivity contribution in [2.24, 2.45) is 0 Å². The summed E-state index contributed by atoms with van der Waals surface area (Å²) < 4.78 is 0.646. The molecule has 0 aliphatic carbocycles. The molecular formula is C13H10BrN3O3. The Morgan fingerprint density at radius 2 is 2.05 bits per heavy atom. The quantitative estimate of drug-likeness (QED) is 0.898. The summed E-state index contributed by atoms with van der Waals surface area (Å²) in [6.45, 7) is 1.54. The zero-order chi connectivity index (χ0) is 14.7. The Hall–Kier alpha value is -2.28. The molecular weight excluding hydrogens is 326 g/mol. The SMILES string of the molecule is Cc1nc(C(=O)Nc2ccncc2Br)ccc1C(=O)O. The van der Waals surface area contributed by atoms with Crippen molar-refractivity contribution in [3.8, 4) is 0 Å². The first kappa shape index (κ1) is 14.1. The number of nitrogens with one attached hydrogen (secondary N) is 1. The first-order chi connectivity index (χ1) is 9.49. The molecule has 0 fully saturated rings. The second-order valence-electron chi connectivity index (χ2n) is 3.94. The molecule has 2 N–H and O–H groups in total. The van der Waals surface area contributed by atoms with Crippen molar-refractivity contribution < 1.29 is 14.7 Å². The van der Waals surface area contributed by atoms with Crippen LogP contribution in [0.25, 0.3) is 0 Å². The van der Waals surface area contributed by atoms with Crippen molar-refractivity contribution in [2.75, 3.05) is 5.32 Å². The van der Waals surface area contributed by atoms with Crippen LogP contribution in [0.3, 0.4) is 0 Å². The van der Waals surface area contributed by atoms with E-state index >= 15 is 0 Å². The first-order valence-corrected chi connectivity index (χ1v) is 6.40. The molecule has 0 unspecified atom stereocenters. The highest BCUT2D eigenvalue weighted by Crippen LogP contribution is 2.20. The zero-order valence-corrected chi connectivity index (χ0v) is 12.0. The molecule has 0 aromatic carbocycles. The molecule has 1 amide bonds. The predicted molar refractivity (Wildman–Crippen MR) is 75.8 cm³/mol. The minimum Gasteiger partial charge on any atom is -0.478 e. The minimum atomic E-state index is -1.07. The second-order valence-corrected chi connectivity index (χ2v) is 4.80. The zero-order valence-electron chi connectivity index (χ0n) is 10.4. The number of nitrogens with zero attached hydrogens (tertiary/aromatic N) is 2. The molecule has 2 heterocycles. The first-order valence-electron chi connectivity index (χ1n) is 5.61. The maximum atomic E-state index is 12.0. The van der Waals surface area contributed by atoms with Crippen molar-refractivity contribution in [1.29, 1.82) is 0 Å². The summed E-state index contributed by atoms with van der Waals surface area (Å²) in [5, 5.41) is 11.6. The lowest BCUT2D eigenvalue weighted by Gasteiger charge is -2.07. The van der Waals surface area contributed by atoms with Gasteiger partial charge < -0.3 is 10.4 Å². The minimum absolute atomic E-state index is 0.0756. The van der Waals surface area contributed by atoms with E-state index in [1.54, 1.807) is 25.4 Å². The van der Waals surface area contributed by atoms with Crippen LogP contribution in [-0.2, 0) is 0 Å². The Bertz CT molecular complexity index is 688. The number of hydrogen-bond acceptors (Lipinski definition) is 4. The fourth-order valence-corrected chi connectivity index (χ4v) is 1.93. The molecule has 7 heteroatoms. The highest BCUT2D eigenvalue weighted by Gasteiger charge is 2.14. The van der Waals surface area contributed by atoms with E-state index in [1.165, 1.54) is 12.1 Å². The van der Waals surface area contributed by atoms with Gasteiger partial charge in [0.1, 0.15) is 5.69 Å². The van der Waals surface area contributed by atoms with Crippen LogP contribution in [0.2, 0.25) is 0 Å². The summed E-state index contributed by atoms with van der Waals surface area (Å²) in [6, 6.07) is 4.38. The Balaban J connectivity index is 2.24. The number of aromatic nitrogens is 2. The van der Waals surface area contributed by atoms with Crippen molar-refractivity contribution in [3.63, 3.8) is 0 Å². The number of aryl methyl sites for hydroxylation is 1. The maximum Gasteiger partial charge on any atom is 0.337 e. The van der Waals surface area contributed by atoms with Gasteiger partial charge in [0.2, 0.25) is 0 Å². The van der Waals surface area contributed by atoms with Crippen LogP contribution in [0.1, 0.15) is 26.5 Å². The Morgan fingerprint density at radius 1 is 1.30 bits per heavy atom. The number of hydrogen-bond donors (Lipinski definition) is 2. The monoisotopic (exact) mass is 335 g/mol. The third-order valence-electron chi connectivity index (χ3n) is 2.57. The molecule has 0 aliphatic rings. The Kier molecular flexibility index (Phi) is 4.09. The number of carbonyl (C=O) groups is 2. The molecule has 0 saturated carbocycles. The number of aromatic carboxylic acids is 1. The predicted octanol–water partition coefficient (Wildman–Crippen LogP) is 2.50. The van der Waals surface area contributed by atoms with E-state index < -0.39 is 11.9 Å². The van der Waals surface area contributed by atoms with E-state index in [1.807, 2.05) is 0 Å². The summed E-state index contributed by atoms with van der Waals surface area (Å²) in [5.74, 6) is -1.49. The van der Waals surface area contributed by atoms with Gasteiger partial charge in [-0.15, -0.1) is 0 Å². The molecule has 102 valence electrons. The Labute approximate surface area is 123 Å². The van der Waals surface area contributed by atoms with Crippen LogP contribution in [-0.4, -0.2) is 27.0 Å². The van der Waals surface area contributed by atoms with Gasteiger partial charge in [-0.25, -0.2) is 9.78 Å². The molecule has 2 rings (SSSR count). The van der Waals surface area contributed by atoms with Crippen molar-refractivity contribution in [3.05, 3.63) is 52.0 Å². The van der Waals surface area contributed by atoms with Gasteiger partial charge in [0.05, 0.1) is 21.4 Å². The van der Waals surface area contributed by atoms with Gasteiger partial charge in [-0.1, -0.05) is 0 Å². The number of anilines is 1. The third kappa shape index (κ3) is 3.00. The van der Waals surface area contributed by atoms with Crippen LogP contribution in [0, 0.1) is 6.92 Å². The lowest BCUT2D eigenvalue weighted by Crippen LogP contribution is -2.15. The highest BCUT2D eigenvalue weighted by molar-refractivity contribution is 9.10. The summed E-state index contributed by atoms with van der Waals surface area (Å²) >= 11 is 3.27. The summed E-state index contributed by atoms with van der Waals surface area (Å²) in [5.41, 5.74) is 1.08. The van der Waals surface area contributed by atoms with Crippen molar-refractivity contribution in [2.45, 2.75) is 6.92 Å². The molecule has 0 bridgehead atoms. The lowest BCUT2D eigenvalue weighted by atomic mass is 10.2. The van der Waals surface area contributed by atoms with Crippen LogP contribution in [0.4, 0.5) is 5.69 Å². The normalized spacial score (nSPS) is 10.1. The largest absolute Gasteiger partial charge is 0.478 e. The van der Waals surface area contributed by atoms with Gasteiger partial charge in [0, 0.05) is 12.4 Å². The van der Waals surface area contributed by atoms with Crippen LogP contribution in [0.15, 0.2) is 35.1 Å². The van der Waals surface area contributed by atoms with Crippen LogP contribution >= 0.6 is 15.9 Å². The van der Waals surface area contributed by atoms with Crippen molar-refractivity contribution in [1.82, 2.24) is 9.97 Å². The molecule has 0 aliphatic heterocycles. The topological polar surface area (TPSA) is 92.2 Å². The summed E-state index contributed by atoms with van der Waals surface area (Å²) in [6.07, 6.45) is 3.11. The second kappa shape index (κ2) is 5.79. The van der Waals surface area contributed by atoms with E-state index in [4.69, 9.17) is 5.11 Å².